The van der Waals surface area contributed by atoms with Gasteiger partial charge in [0, 0.05) is 12.6 Å². The van der Waals surface area contributed by atoms with E-state index in [1.807, 2.05) is 11.8 Å². The van der Waals surface area contributed by atoms with E-state index >= 15 is 0 Å². The first-order chi connectivity index (χ1) is 6.78. The third-order valence-corrected chi connectivity index (χ3v) is 3.45. The summed E-state index contributed by atoms with van der Waals surface area (Å²) in [5.41, 5.74) is 5.71. The van der Waals surface area contributed by atoms with Gasteiger partial charge in [0.1, 0.15) is 0 Å². The van der Waals surface area contributed by atoms with Gasteiger partial charge in [-0.1, -0.05) is 26.7 Å². The Balaban J connectivity index is 3.59. The van der Waals surface area contributed by atoms with E-state index in [4.69, 9.17) is 5.73 Å². The van der Waals surface area contributed by atoms with Crippen molar-refractivity contribution in [3.63, 3.8) is 0 Å². The Bertz CT molecular complexity index is 116. The monoisotopic (exact) mass is 218 g/mol. The van der Waals surface area contributed by atoms with Crippen molar-refractivity contribution < 1.29 is 0 Å². The van der Waals surface area contributed by atoms with Crippen LogP contribution in [-0.4, -0.2) is 31.1 Å². The molecule has 1 atom stereocenters. The molecular weight excluding hydrogens is 192 g/mol. The third kappa shape index (κ3) is 6.68. The number of nitrogens with one attached hydrogen (secondary N) is 1. The van der Waals surface area contributed by atoms with Crippen molar-refractivity contribution in [1.29, 1.82) is 0 Å². The zero-order valence-corrected chi connectivity index (χ0v) is 10.7. The van der Waals surface area contributed by atoms with Crippen molar-refractivity contribution in [3.05, 3.63) is 0 Å². The molecule has 0 radical (unpaired) electrons. The molecule has 0 heterocycles. The van der Waals surface area contributed by atoms with E-state index in [0.29, 0.717) is 6.04 Å². The predicted octanol–water partition coefficient (Wildman–Crippen LogP) is 2.09. The normalized spacial score (nSPS) is 13.5. The lowest BCUT2D eigenvalue weighted by Gasteiger charge is -2.20. The van der Waals surface area contributed by atoms with Crippen LogP contribution in [0.1, 0.15) is 33.1 Å². The van der Waals surface area contributed by atoms with Crippen LogP contribution in [0.2, 0.25) is 0 Å². The number of hydrogen-bond donors (Lipinski definition) is 2. The molecule has 0 aliphatic rings. The predicted molar refractivity (Wildman–Crippen MR) is 67.9 cm³/mol. The molecule has 0 aromatic rings. The van der Waals surface area contributed by atoms with Crippen LogP contribution in [0.15, 0.2) is 0 Å². The summed E-state index contributed by atoms with van der Waals surface area (Å²) in [5, 5.41) is 3.57. The maximum atomic E-state index is 5.71. The van der Waals surface area contributed by atoms with Gasteiger partial charge in [0.25, 0.3) is 0 Å². The highest BCUT2D eigenvalue weighted by Gasteiger charge is 2.08. The first-order valence-electron chi connectivity index (χ1n) is 5.70. The standard InChI is InChI=1S/C11H26N2S/c1-4-10(5-2)9-13-11(8-12)6-7-14-3/h10-11,13H,4-9,12H2,1-3H3. The van der Waals surface area contributed by atoms with Crippen molar-refractivity contribution in [3.8, 4) is 0 Å². The van der Waals surface area contributed by atoms with Gasteiger partial charge < -0.3 is 11.1 Å². The maximum Gasteiger partial charge on any atom is 0.0198 e. The molecule has 3 N–H and O–H groups in total. The van der Waals surface area contributed by atoms with Gasteiger partial charge in [-0.15, -0.1) is 0 Å². The minimum absolute atomic E-state index is 0.517. The highest BCUT2D eigenvalue weighted by atomic mass is 32.2. The summed E-state index contributed by atoms with van der Waals surface area (Å²) in [5.74, 6) is 2.02. The molecule has 2 nitrogen and oxygen atoms in total. The minimum Gasteiger partial charge on any atom is -0.329 e. The van der Waals surface area contributed by atoms with E-state index in [-0.39, 0.29) is 0 Å². The van der Waals surface area contributed by atoms with E-state index in [1.54, 1.807) is 0 Å². The second-order valence-corrected chi connectivity index (χ2v) is 4.79. The molecule has 0 aliphatic heterocycles. The van der Waals surface area contributed by atoms with Crippen LogP contribution in [-0.2, 0) is 0 Å². The second-order valence-electron chi connectivity index (χ2n) is 3.80. The Morgan fingerprint density at radius 2 is 1.93 bits per heavy atom. The quantitative estimate of drug-likeness (QED) is 0.622. The Morgan fingerprint density at radius 3 is 2.36 bits per heavy atom. The van der Waals surface area contributed by atoms with E-state index in [2.05, 4.69) is 25.4 Å². The molecule has 0 rings (SSSR count). The Labute approximate surface area is 93.4 Å². The molecule has 14 heavy (non-hydrogen) atoms. The summed E-state index contributed by atoms with van der Waals surface area (Å²) < 4.78 is 0. The highest BCUT2D eigenvalue weighted by molar-refractivity contribution is 7.98. The molecule has 0 aliphatic carbocycles. The number of rotatable bonds is 9. The molecule has 0 saturated heterocycles. The smallest absolute Gasteiger partial charge is 0.0198 e. The van der Waals surface area contributed by atoms with Gasteiger partial charge in [0.2, 0.25) is 0 Å². The van der Waals surface area contributed by atoms with Crippen molar-refractivity contribution in [2.75, 3.05) is 25.1 Å². The summed E-state index contributed by atoms with van der Waals surface area (Å²) in [6.07, 6.45) is 5.87. The molecule has 0 aromatic heterocycles. The van der Waals surface area contributed by atoms with Gasteiger partial charge in [0.05, 0.1) is 0 Å². The Morgan fingerprint density at radius 1 is 1.29 bits per heavy atom. The topological polar surface area (TPSA) is 38.0 Å². The van der Waals surface area contributed by atoms with Gasteiger partial charge in [0.15, 0.2) is 0 Å². The third-order valence-electron chi connectivity index (χ3n) is 2.80. The molecule has 0 amide bonds. The van der Waals surface area contributed by atoms with Gasteiger partial charge in [-0.05, 0) is 30.9 Å². The summed E-state index contributed by atoms with van der Waals surface area (Å²) in [4.78, 5) is 0. The Hall–Kier alpha value is 0.270. The fraction of sp³-hybridized carbons (Fsp3) is 1.00. The molecule has 3 heteroatoms. The fourth-order valence-corrected chi connectivity index (χ4v) is 1.99. The van der Waals surface area contributed by atoms with Crippen LogP contribution in [0.25, 0.3) is 0 Å². The summed E-state index contributed by atoms with van der Waals surface area (Å²) in [7, 11) is 0. The molecule has 0 aromatic carbocycles. The van der Waals surface area contributed by atoms with E-state index < -0.39 is 0 Å². The molecule has 0 bridgehead atoms. The molecule has 86 valence electrons. The molecule has 0 saturated carbocycles. The van der Waals surface area contributed by atoms with Crippen LogP contribution in [0.4, 0.5) is 0 Å². The molecule has 0 spiro atoms. The van der Waals surface area contributed by atoms with Crippen LogP contribution in [0.5, 0.6) is 0 Å². The van der Waals surface area contributed by atoms with Gasteiger partial charge in [-0.3, -0.25) is 0 Å². The average molecular weight is 218 g/mol. The van der Waals surface area contributed by atoms with Crippen LogP contribution >= 0.6 is 11.8 Å². The van der Waals surface area contributed by atoms with Crippen molar-refractivity contribution in [1.82, 2.24) is 5.32 Å². The van der Waals surface area contributed by atoms with Crippen LogP contribution in [0.3, 0.4) is 0 Å². The lowest BCUT2D eigenvalue weighted by molar-refractivity contribution is 0.405. The first kappa shape index (κ1) is 14.3. The van der Waals surface area contributed by atoms with Crippen molar-refractivity contribution in [2.45, 2.75) is 39.2 Å². The van der Waals surface area contributed by atoms with E-state index in [9.17, 15) is 0 Å². The van der Waals surface area contributed by atoms with Crippen molar-refractivity contribution >= 4 is 11.8 Å². The van der Waals surface area contributed by atoms with E-state index in [0.717, 1.165) is 19.0 Å². The summed E-state index contributed by atoms with van der Waals surface area (Å²) in [6.45, 7) is 6.41. The highest BCUT2D eigenvalue weighted by Crippen LogP contribution is 2.06. The number of thioether (sulfide) groups is 1. The van der Waals surface area contributed by atoms with Gasteiger partial charge >= 0.3 is 0 Å². The number of nitrogens with two attached hydrogens (primary N) is 1. The largest absolute Gasteiger partial charge is 0.329 e. The average Bonchev–Trinajstić information content (AvgIpc) is 2.23. The van der Waals surface area contributed by atoms with E-state index in [1.165, 1.54) is 25.0 Å². The first-order valence-corrected chi connectivity index (χ1v) is 7.10. The molecule has 1 unspecified atom stereocenters. The second kappa shape index (κ2) is 9.81. The number of hydrogen-bond acceptors (Lipinski definition) is 3. The zero-order valence-electron chi connectivity index (χ0n) is 9.88. The fourth-order valence-electron chi connectivity index (χ4n) is 1.47. The lowest BCUT2D eigenvalue weighted by atomic mass is 10.0. The van der Waals surface area contributed by atoms with Gasteiger partial charge in [-0.25, -0.2) is 0 Å². The minimum atomic E-state index is 0.517. The Kier molecular flexibility index (Phi) is 10.0. The molecule has 0 fully saturated rings. The van der Waals surface area contributed by atoms with Crippen LogP contribution in [0, 0.1) is 5.92 Å². The summed E-state index contributed by atoms with van der Waals surface area (Å²) >= 11 is 1.90. The molecular formula is C11H26N2S. The van der Waals surface area contributed by atoms with Crippen LogP contribution < -0.4 is 11.1 Å². The van der Waals surface area contributed by atoms with Crippen molar-refractivity contribution in [2.24, 2.45) is 11.7 Å². The zero-order chi connectivity index (χ0) is 10.8. The summed E-state index contributed by atoms with van der Waals surface area (Å²) in [6, 6.07) is 0.517. The maximum absolute atomic E-state index is 5.71. The SMILES string of the molecule is CCC(CC)CNC(CN)CCSC. The lowest BCUT2D eigenvalue weighted by Crippen LogP contribution is -2.39. The van der Waals surface area contributed by atoms with Gasteiger partial charge in [-0.2, -0.15) is 11.8 Å².